The zero-order chi connectivity index (χ0) is 17.9. The SMILES string of the molecule is Cn1cc(CN2CCC[C@H](CCc3cccc(C(F)(F)F)c3)C2)cn1. The molecule has 0 radical (unpaired) electrons. The largest absolute Gasteiger partial charge is 0.416 e. The van der Waals surface area contributed by atoms with Gasteiger partial charge in [0.2, 0.25) is 0 Å². The van der Waals surface area contributed by atoms with Gasteiger partial charge in [-0.15, -0.1) is 0 Å². The predicted molar refractivity (Wildman–Crippen MR) is 91.0 cm³/mol. The summed E-state index contributed by atoms with van der Waals surface area (Å²) in [5.41, 5.74) is 1.44. The molecule has 2 heterocycles. The van der Waals surface area contributed by atoms with Gasteiger partial charge in [-0.05, 0) is 49.8 Å². The predicted octanol–water partition coefficient (Wildman–Crippen LogP) is 4.28. The molecular formula is C19H24F3N3. The van der Waals surface area contributed by atoms with E-state index in [0.29, 0.717) is 12.3 Å². The lowest BCUT2D eigenvalue weighted by Gasteiger charge is -2.32. The van der Waals surface area contributed by atoms with E-state index >= 15 is 0 Å². The Morgan fingerprint density at radius 1 is 1.24 bits per heavy atom. The Balaban J connectivity index is 1.53. The molecule has 1 fully saturated rings. The number of hydrogen-bond donors (Lipinski definition) is 0. The Labute approximate surface area is 146 Å². The summed E-state index contributed by atoms with van der Waals surface area (Å²) >= 11 is 0. The van der Waals surface area contributed by atoms with Crippen molar-refractivity contribution in [3.8, 4) is 0 Å². The molecule has 0 aliphatic carbocycles. The number of alkyl halides is 3. The van der Waals surface area contributed by atoms with Gasteiger partial charge in [0.15, 0.2) is 0 Å². The molecule has 136 valence electrons. The molecule has 0 amide bonds. The van der Waals surface area contributed by atoms with E-state index in [9.17, 15) is 13.2 Å². The maximum atomic E-state index is 12.8. The molecule has 2 aromatic rings. The summed E-state index contributed by atoms with van der Waals surface area (Å²) in [6.45, 7) is 2.98. The third kappa shape index (κ3) is 5.08. The Kier molecular flexibility index (Phi) is 5.47. The summed E-state index contributed by atoms with van der Waals surface area (Å²) in [4.78, 5) is 2.43. The Morgan fingerprint density at radius 2 is 2.08 bits per heavy atom. The van der Waals surface area contributed by atoms with Crippen LogP contribution in [0.4, 0.5) is 13.2 Å². The van der Waals surface area contributed by atoms with E-state index in [4.69, 9.17) is 0 Å². The zero-order valence-corrected chi connectivity index (χ0v) is 14.5. The van der Waals surface area contributed by atoms with E-state index in [1.54, 1.807) is 6.07 Å². The van der Waals surface area contributed by atoms with E-state index in [0.717, 1.165) is 50.5 Å². The second-order valence-electron chi connectivity index (χ2n) is 7.00. The van der Waals surface area contributed by atoms with Gasteiger partial charge in [-0.1, -0.05) is 18.2 Å². The molecular weight excluding hydrogens is 327 g/mol. The van der Waals surface area contributed by atoms with E-state index < -0.39 is 11.7 Å². The van der Waals surface area contributed by atoms with Crippen LogP contribution in [-0.2, 0) is 26.2 Å². The van der Waals surface area contributed by atoms with Crippen molar-refractivity contribution < 1.29 is 13.2 Å². The van der Waals surface area contributed by atoms with Crippen molar-refractivity contribution >= 4 is 0 Å². The van der Waals surface area contributed by atoms with Gasteiger partial charge < -0.3 is 0 Å². The van der Waals surface area contributed by atoms with Gasteiger partial charge in [0.1, 0.15) is 0 Å². The average molecular weight is 351 g/mol. The fourth-order valence-corrected chi connectivity index (χ4v) is 3.62. The Hall–Kier alpha value is -1.82. The first-order chi connectivity index (χ1) is 11.9. The average Bonchev–Trinajstić information content (AvgIpc) is 2.98. The van der Waals surface area contributed by atoms with E-state index in [1.807, 2.05) is 24.1 Å². The number of piperidine rings is 1. The van der Waals surface area contributed by atoms with Crippen molar-refractivity contribution in [3.05, 3.63) is 53.3 Å². The summed E-state index contributed by atoms with van der Waals surface area (Å²) in [6.07, 6.45) is 3.61. The summed E-state index contributed by atoms with van der Waals surface area (Å²) in [5.74, 6) is 0.542. The maximum absolute atomic E-state index is 12.8. The maximum Gasteiger partial charge on any atom is 0.416 e. The standard InChI is InChI=1S/C19H24F3N3/c1-24-12-17(11-23-24)14-25-9-3-5-16(13-25)8-7-15-4-2-6-18(10-15)19(20,21)22/h2,4,6,10-12,16H,3,5,7-9,13-14H2,1H3/t16-/m1/s1. The van der Waals surface area contributed by atoms with Crippen LogP contribution in [0.2, 0.25) is 0 Å². The molecule has 1 aromatic carbocycles. The number of aromatic nitrogens is 2. The van der Waals surface area contributed by atoms with Gasteiger partial charge >= 0.3 is 6.18 Å². The minimum atomic E-state index is -4.26. The Bertz CT molecular complexity index is 693. The van der Waals surface area contributed by atoms with Crippen LogP contribution in [0.3, 0.4) is 0 Å². The molecule has 0 spiro atoms. The van der Waals surface area contributed by atoms with E-state index in [1.165, 1.54) is 17.7 Å². The smallest absolute Gasteiger partial charge is 0.299 e. The highest BCUT2D eigenvalue weighted by atomic mass is 19.4. The van der Waals surface area contributed by atoms with Crippen molar-refractivity contribution in [2.45, 2.75) is 38.4 Å². The molecule has 1 aromatic heterocycles. The minimum absolute atomic E-state index is 0.542. The molecule has 0 saturated carbocycles. The first kappa shape index (κ1) is 18.0. The van der Waals surface area contributed by atoms with Crippen LogP contribution in [0.15, 0.2) is 36.7 Å². The summed E-state index contributed by atoms with van der Waals surface area (Å²) in [5, 5.41) is 4.20. The van der Waals surface area contributed by atoms with E-state index in [2.05, 4.69) is 10.00 Å². The molecule has 3 nitrogen and oxygen atoms in total. The molecule has 0 unspecified atom stereocenters. The van der Waals surface area contributed by atoms with Gasteiger partial charge in [0.25, 0.3) is 0 Å². The quantitative estimate of drug-likeness (QED) is 0.801. The zero-order valence-electron chi connectivity index (χ0n) is 14.5. The second kappa shape index (κ2) is 7.60. The third-order valence-electron chi connectivity index (χ3n) is 4.86. The summed E-state index contributed by atoms with van der Waals surface area (Å²) < 4.78 is 40.2. The first-order valence-corrected chi connectivity index (χ1v) is 8.76. The van der Waals surface area contributed by atoms with Gasteiger partial charge in [-0.25, -0.2) is 0 Å². The van der Waals surface area contributed by atoms with Crippen molar-refractivity contribution in [1.82, 2.24) is 14.7 Å². The molecule has 25 heavy (non-hydrogen) atoms. The van der Waals surface area contributed by atoms with Crippen LogP contribution in [0.25, 0.3) is 0 Å². The molecule has 6 heteroatoms. The van der Waals surface area contributed by atoms with Crippen LogP contribution in [0.5, 0.6) is 0 Å². The molecule has 1 atom stereocenters. The second-order valence-corrected chi connectivity index (χ2v) is 7.00. The van der Waals surface area contributed by atoms with Crippen molar-refractivity contribution in [2.75, 3.05) is 13.1 Å². The van der Waals surface area contributed by atoms with Crippen molar-refractivity contribution in [2.24, 2.45) is 13.0 Å². The summed E-state index contributed by atoms with van der Waals surface area (Å²) in [6, 6.07) is 5.73. The number of hydrogen-bond acceptors (Lipinski definition) is 2. The van der Waals surface area contributed by atoms with Crippen LogP contribution in [-0.4, -0.2) is 27.8 Å². The van der Waals surface area contributed by atoms with Gasteiger partial charge in [-0.2, -0.15) is 18.3 Å². The lowest BCUT2D eigenvalue weighted by atomic mass is 9.91. The lowest BCUT2D eigenvalue weighted by Crippen LogP contribution is -2.35. The number of nitrogens with zero attached hydrogens (tertiary/aromatic N) is 3. The van der Waals surface area contributed by atoms with Gasteiger partial charge in [0.05, 0.1) is 11.8 Å². The topological polar surface area (TPSA) is 21.1 Å². The summed E-state index contributed by atoms with van der Waals surface area (Å²) in [7, 11) is 1.91. The highest BCUT2D eigenvalue weighted by molar-refractivity contribution is 5.25. The Morgan fingerprint density at radius 3 is 2.80 bits per heavy atom. The van der Waals surface area contributed by atoms with Gasteiger partial charge in [0, 0.05) is 31.9 Å². The number of halogens is 3. The minimum Gasteiger partial charge on any atom is -0.299 e. The van der Waals surface area contributed by atoms with Crippen LogP contribution in [0.1, 0.15) is 36.0 Å². The molecule has 1 aliphatic rings. The van der Waals surface area contributed by atoms with Crippen molar-refractivity contribution in [1.29, 1.82) is 0 Å². The number of aryl methyl sites for hydroxylation is 2. The highest BCUT2D eigenvalue weighted by Gasteiger charge is 2.30. The number of benzene rings is 1. The highest BCUT2D eigenvalue weighted by Crippen LogP contribution is 2.30. The molecule has 0 bridgehead atoms. The molecule has 1 aliphatic heterocycles. The lowest BCUT2D eigenvalue weighted by molar-refractivity contribution is -0.137. The number of rotatable bonds is 5. The number of likely N-dealkylation sites (tertiary alicyclic amines) is 1. The van der Waals surface area contributed by atoms with Crippen LogP contribution < -0.4 is 0 Å². The molecule has 1 saturated heterocycles. The molecule has 3 rings (SSSR count). The van der Waals surface area contributed by atoms with Crippen LogP contribution in [0, 0.1) is 5.92 Å². The fourth-order valence-electron chi connectivity index (χ4n) is 3.62. The molecule has 0 N–H and O–H groups in total. The first-order valence-electron chi connectivity index (χ1n) is 8.76. The van der Waals surface area contributed by atoms with E-state index in [-0.39, 0.29) is 0 Å². The monoisotopic (exact) mass is 351 g/mol. The third-order valence-corrected chi connectivity index (χ3v) is 4.86. The fraction of sp³-hybridized carbons (Fsp3) is 0.526. The normalized spacial score (nSPS) is 19.3. The van der Waals surface area contributed by atoms with Crippen LogP contribution >= 0.6 is 0 Å². The van der Waals surface area contributed by atoms with Gasteiger partial charge in [-0.3, -0.25) is 9.58 Å². The van der Waals surface area contributed by atoms with Crippen molar-refractivity contribution in [3.63, 3.8) is 0 Å².